The van der Waals surface area contributed by atoms with Gasteiger partial charge in [-0.05, 0) is 42.4 Å². The maximum absolute atomic E-state index is 13.5. The fraction of sp³-hybridized carbons (Fsp3) is 0.522. The minimum atomic E-state index is -2.63. The number of aromatic hydroxyl groups is 1. The average Bonchev–Trinajstić information content (AvgIpc) is 2.72. The van der Waals surface area contributed by atoms with Crippen LogP contribution in [0, 0.1) is 23.7 Å². The van der Waals surface area contributed by atoms with E-state index in [1.54, 1.807) is 6.07 Å². The van der Waals surface area contributed by atoms with Crippen LogP contribution < -0.4 is 5.73 Å². The zero-order valence-corrected chi connectivity index (χ0v) is 17.8. The second-order valence-corrected chi connectivity index (χ2v) is 8.92. The van der Waals surface area contributed by atoms with Crippen LogP contribution >= 0.6 is 0 Å². The van der Waals surface area contributed by atoms with Crippen LogP contribution in [0.4, 0.5) is 0 Å². The summed E-state index contributed by atoms with van der Waals surface area (Å²) in [6.45, 7) is 1.97. The summed E-state index contributed by atoms with van der Waals surface area (Å²) in [4.78, 5) is 63.9. The number of nitrogens with two attached hydrogens (primary N) is 1. The van der Waals surface area contributed by atoms with Crippen molar-refractivity contribution in [1.29, 1.82) is 0 Å². The summed E-state index contributed by atoms with van der Waals surface area (Å²) in [5.74, 6) is -9.97. The van der Waals surface area contributed by atoms with E-state index in [9.17, 15) is 34.2 Å². The number of methoxy groups -OCH3 is 1. The normalized spacial score (nSPS) is 31.7. The number of ketones is 4. The molecule has 2 fully saturated rings. The Hall–Kier alpha value is -2.91. The molecule has 5 unspecified atom stereocenters. The number of phenolic OH excluding ortho intramolecular Hbond substituents is 1. The van der Waals surface area contributed by atoms with Crippen LogP contribution in [0.15, 0.2) is 6.07 Å². The van der Waals surface area contributed by atoms with Gasteiger partial charge in [0.15, 0.2) is 34.7 Å². The molecule has 4 N–H and O–H groups in total. The van der Waals surface area contributed by atoms with E-state index < -0.39 is 58.3 Å². The van der Waals surface area contributed by atoms with Gasteiger partial charge in [-0.3, -0.25) is 24.0 Å². The fourth-order valence-electron chi connectivity index (χ4n) is 5.75. The summed E-state index contributed by atoms with van der Waals surface area (Å²) in [6, 6.07) is 1.78. The van der Waals surface area contributed by atoms with Gasteiger partial charge >= 0.3 is 0 Å². The van der Waals surface area contributed by atoms with Crippen molar-refractivity contribution in [2.45, 2.75) is 44.8 Å². The number of hydrogen-bond acceptors (Lipinski definition) is 8. The molecule has 0 aliphatic heterocycles. The Labute approximate surface area is 183 Å². The van der Waals surface area contributed by atoms with Crippen molar-refractivity contribution in [3.05, 3.63) is 28.3 Å². The Kier molecular flexibility index (Phi) is 5.29. The van der Waals surface area contributed by atoms with E-state index in [-0.39, 0.29) is 37.2 Å². The second-order valence-electron chi connectivity index (χ2n) is 8.92. The van der Waals surface area contributed by atoms with Gasteiger partial charge in [-0.25, -0.2) is 0 Å². The molecule has 0 spiro atoms. The molecule has 0 heterocycles. The number of benzene rings is 1. The van der Waals surface area contributed by atoms with Gasteiger partial charge in [-0.1, -0.05) is 6.92 Å². The number of rotatable bonds is 4. The summed E-state index contributed by atoms with van der Waals surface area (Å²) in [7, 11) is 1.45. The zero-order valence-electron chi connectivity index (χ0n) is 17.8. The second kappa shape index (κ2) is 7.60. The highest BCUT2D eigenvalue weighted by molar-refractivity contribution is 6.31. The predicted octanol–water partition coefficient (Wildman–Crippen LogP) is 0.0357. The van der Waals surface area contributed by atoms with Crippen molar-refractivity contribution in [3.63, 3.8) is 0 Å². The highest BCUT2D eigenvalue weighted by atomic mass is 16.5. The number of ether oxygens (including phenoxy) is 1. The molecule has 1 amide bonds. The molecule has 3 aliphatic rings. The van der Waals surface area contributed by atoms with E-state index in [4.69, 9.17) is 10.5 Å². The van der Waals surface area contributed by atoms with E-state index in [1.165, 1.54) is 7.11 Å². The predicted molar refractivity (Wildman–Crippen MR) is 109 cm³/mol. The molecule has 3 aliphatic carbocycles. The van der Waals surface area contributed by atoms with Crippen LogP contribution in [-0.4, -0.2) is 52.0 Å². The Bertz CT molecular complexity index is 1080. The summed E-state index contributed by atoms with van der Waals surface area (Å²) in [5, 5.41) is 22.0. The minimum absolute atomic E-state index is 0.0128. The van der Waals surface area contributed by atoms with Crippen molar-refractivity contribution in [2.24, 2.45) is 29.4 Å². The number of amides is 1. The van der Waals surface area contributed by atoms with Crippen LogP contribution in [0.2, 0.25) is 0 Å². The molecule has 5 atom stereocenters. The van der Waals surface area contributed by atoms with Crippen LogP contribution in [0.3, 0.4) is 0 Å². The number of aliphatic hydroxyl groups is 1. The molecular formula is C23H25NO8. The van der Waals surface area contributed by atoms with Crippen molar-refractivity contribution in [3.8, 4) is 5.75 Å². The quantitative estimate of drug-likeness (QED) is 0.550. The van der Waals surface area contributed by atoms with E-state index in [0.717, 1.165) is 5.56 Å². The number of phenols is 1. The van der Waals surface area contributed by atoms with Gasteiger partial charge < -0.3 is 20.7 Å². The molecule has 32 heavy (non-hydrogen) atoms. The van der Waals surface area contributed by atoms with Gasteiger partial charge in [0.25, 0.3) is 0 Å². The van der Waals surface area contributed by atoms with E-state index in [0.29, 0.717) is 17.5 Å². The number of aryl methyl sites for hydroxylation is 1. The van der Waals surface area contributed by atoms with Crippen molar-refractivity contribution >= 4 is 29.0 Å². The van der Waals surface area contributed by atoms with Gasteiger partial charge in [0, 0.05) is 25.0 Å². The first kappa shape index (κ1) is 22.3. The monoisotopic (exact) mass is 443 g/mol. The van der Waals surface area contributed by atoms with E-state index >= 15 is 0 Å². The van der Waals surface area contributed by atoms with E-state index in [1.807, 2.05) is 6.92 Å². The maximum Gasteiger partial charge on any atom is 0.235 e. The largest absolute Gasteiger partial charge is 0.507 e. The lowest BCUT2D eigenvalue weighted by Gasteiger charge is -2.48. The standard InChI is InChI=1S/C23H25NO8/c1-3-9-4-11(8-32-2)18(26)16-13(9)6-10-5-12-7-14(25)17(22(24)30)21(29)23(12,31)20(28)15(10)19(16)27/h4,10,12,15,17,26,31H,3,5-8H2,1-2H3,(H2,24,30). The van der Waals surface area contributed by atoms with Crippen LogP contribution in [0.1, 0.15) is 46.8 Å². The molecular weight excluding hydrogens is 418 g/mol. The van der Waals surface area contributed by atoms with Crippen LogP contribution in [0.5, 0.6) is 5.75 Å². The molecule has 1 aromatic rings. The number of hydrogen-bond donors (Lipinski definition) is 3. The number of Topliss-reactive ketones (excluding diaryl/α,β-unsaturated/α-hetero) is 4. The van der Waals surface area contributed by atoms with Crippen LogP contribution in [0.25, 0.3) is 0 Å². The SMILES string of the molecule is CCc1cc(COC)c(O)c2c1CC1CC3CC(=O)C(C(N)=O)C(=O)C3(O)C(=O)C1C2=O. The Balaban J connectivity index is 1.83. The number of carbonyl (C=O) groups excluding carboxylic acids is 5. The molecule has 1 aromatic carbocycles. The number of primary amides is 1. The molecule has 0 radical (unpaired) electrons. The third kappa shape index (κ3) is 2.87. The fourth-order valence-corrected chi connectivity index (χ4v) is 5.75. The van der Waals surface area contributed by atoms with Crippen molar-refractivity contribution in [2.75, 3.05) is 7.11 Å². The topological polar surface area (TPSA) is 161 Å². The minimum Gasteiger partial charge on any atom is -0.507 e. The molecule has 0 bridgehead atoms. The van der Waals surface area contributed by atoms with Gasteiger partial charge in [0.05, 0.1) is 18.1 Å². The first-order chi connectivity index (χ1) is 15.1. The highest BCUT2D eigenvalue weighted by Gasteiger charge is 2.66. The van der Waals surface area contributed by atoms with Crippen molar-refractivity contribution < 1.29 is 38.9 Å². The Morgan fingerprint density at radius 2 is 1.88 bits per heavy atom. The molecule has 4 rings (SSSR count). The van der Waals surface area contributed by atoms with Crippen LogP contribution in [-0.2, 0) is 43.4 Å². The first-order valence-electron chi connectivity index (χ1n) is 10.6. The molecule has 170 valence electrons. The van der Waals surface area contributed by atoms with Gasteiger partial charge in [-0.15, -0.1) is 0 Å². The summed E-state index contributed by atoms with van der Waals surface area (Å²) in [6.07, 6.45) is 0.619. The third-order valence-electron chi connectivity index (χ3n) is 7.25. The molecule has 2 saturated carbocycles. The average molecular weight is 443 g/mol. The van der Waals surface area contributed by atoms with Gasteiger partial charge in [0.1, 0.15) is 5.75 Å². The molecule has 0 aromatic heterocycles. The lowest BCUT2D eigenvalue weighted by Crippen LogP contribution is -2.68. The lowest BCUT2D eigenvalue weighted by molar-refractivity contribution is -0.175. The third-order valence-corrected chi connectivity index (χ3v) is 7.25. The van der Waals surface area contributed by atoms with Gasteiger partial charge in [0.2, 0.25) is 5.91 Å². The summed E-state index contributed by atoms with van der Waals surface area (Å²) < 4.78 is 5.11. The first-order valence-corrected chi connectivity index (χ1v) is 10.6. The van der Waals surface area contributed by atoms with Crippen molar-refractivity contribution in [1.82, 2.24) is 0 Å². The number of fused-ring (bicyclic) bond motifs is 3. The summed E-state index contributed by atoms with van der Waals surface area (Å²) >= 11 is 0. The maximum atomic E-state index is 13.5. The summed E-state index contributed by atoms with van der Waals surface area (Å²) in [5.41, 5.74) is 4.45. The molecule has 9 heteroatoms. The zero-order chi connectivity index (χ0) is 23.5. The Morgan fingerprint density at radius 3 is 2.47 bits per heavy atom. The Morgan fingerprint density at radius 1 is 1.19 bits per heavy atom. The highest BCUT2D eigenvalue weighted by Crippen LogP contribution is 2.50. The van der Waals surface area contributed by atoms with E-state index in [2.05, 4.69) is 0 Å². The number of carbonyl (C=O) groups is 5. The van der Waals surface area contributed by atoms with Gasteiger partial charge in [-0.2, -0.15) is 0 Å². The smallest absolute Gasteiger partial charge is 0.235 e. The molecule has 0 saturated heterocycles. The molecule has 9 nitrogen and oxygen atoms in total. The lowest BCUT2D eigenvalue weighted by atomic mass is 9.53.